The molecule has 0 radical (unpaired) electrons. The summed E-state index contributed by atoms with van der Waals surface area (Å²) in [6.45, 7) is 4.71. The van der Waals surface area contributed by atoms with Crippen LogP contribution in [0.1, 0.15) is 48.6 Å². The van der Waals surface area contributed by atoms with E-state index in [0.717, 1.165) is 6.20 Å². The van der Waals surface area contributed by atoms with E-state index in [1.165, 1.54) is 25.4 Å². The van der Waals surface area contributed by atoms with Crippen LogP contribution in [0.5, 0.6) is 0 Å². The van der Waals surface area contributed by atoms with Gasteiger partial charge in [-0.1, -0.05) is 0 Å². The smallest absolute Gasteiger partial charge is 0.389 e. The molecule has 3 rings (SSSR count). The fraction of sp³-hybridized carbons (Fsp3) is 0.385. The third-order valence-electron chi connectivity index (χ3n) is 5.90. The summed E-state index contributed by atoms with van der Waals surface area (Å²) in [5.41, 5.74) is -1.39. The van der Waals surface area contributed by atoms with E-state index in [0.29, 0.717) is 16.7 Å². The average Bonchev–Trinajstić information content (AvgIpc) is 2.82. The van der Waals surface area contributed by atoms with Crippen molar-refractivity contribution >= 4 is 11.8 Å². The number of aromatic amines is 1. The lowest BCUT2D eigenvalue weighted by Gasteiger charge is -2.22. The Morgan fingerprint density at radius 2 is 1.85 bits per heavy atom. The molecule has 8 nitrogen and oxygen atoms in total. The number of nitrogens with one attached hydrogen (secondary N) is 2. The van der Waals surface area contributed by atoms with E-state index < -0.39 is 47.1 Å². The lowest BCUT2D eigenvalue weighted by molar-refractivity contribution is -0.138. The van der Waals surface area contributed by atoms with Gasteiger partial charge in [0.05, 0.1) is 23.6 Å². The van der Waals surface area contributed by atoms with Crippen molar-refractivity contribution in [2.45, 2.75) is 51.7 Å². The molecule has 3 unspecified atom stereocenters. The van der Waals surface area contributed by atoms with E-state index in [2.05, 4.69) is 20.4 Å². The number of hydrogen-bond donors (Lipinski definition) is 3. The van der Waals surface area contributed by atoms with Gasteiger partial charge >= 0.3 is 6.18 Å². The molecule has 0 bridgehead atoms. The Bertz CT molecular complexity index is 1360. The quantitative estimate of drug-likeness (QED) is 0.308. The lowest BCUT2D eigenvalue weighted by Crippen LogP contribution is -2.30. The van der Waals surface area contributed by atoms with Crippen LogP contribution in [0.25, 0.3) is 17.5 Å². The third-order valence-corrected chi connectivity index (χ3v) is 5.90. The molecule has 0 spiro atoms. The number of aliphatic hydroxyl groups is 1. The molecule has 2 aromatic heterocycles. The van der Waals surface area contributed by atoms with Crippen LogP contribution in [0.4, 0.5) is 27.6 Å². The number of benzene rings is 1. The normalized spacial score (nSPS) is 14.3. The fourth-order valence-corrected chi connectivity index (χ4v) is 3.89. The van der Waals surface area contributed by atoms with Crippen molar-refractivity contribution in [1.82, 2.24) is 25.1 Å². The predicted molar refractivity (Wildman–Crippen MR) is 137 cm³/mol. The van der Waals surface area contributed by atoms with Gasteiger partial charge < -0.3 is 15.3 Å². The van der Waals surface area contributed by atoms with E-state index in [1.54, 1.807) is 49.2 Å². The van der Waals surface area contributed by atoms with Gasteiger partial charge in [0, 0.05) is 44.0 Å². The van der Waals surface area contributed by atoms with Gasteiger partial charge in [-0.15, -0.1) is 0 Å². The molecule has 1 aromatic carbocycles. The number of aromatic nitrogens is 4. The minimum Gasteiger partial charge on any atom is -0.389 e. The van der Waals surface area contributed by atoms with Gasteiger partial charge in [0.15, 0.2) is 5.82 Å². The molecule has 3 atom stereocenters. The number of nitrogens with zero attached hydrogens (tertiary/aromatic N) is 4. The number of aryl methyl sites for hydroxylation is 1. The monoisotopic (exact) mass is 552 g/mol. The molecule has 0 amide bonds. The number of halogens is 5. The van der Waals surface area contributed by atoms with Crippen molar-refractivity contribution in [2.24, 2.45) is 0 Å². The van der Waals surface area contributed by atoms with Crippen molar-refractivity contribution in [2.75, 3.05) is 18.9 Å². The maximum absolute atomic E-state index is 14.7. The largest absolute Gasteiger partial charge is 0.423 e. The van der Waals surface area contributed by atoms with Crippen LogP contribution in [0, 0.1) is 12.7 Å². The number of aliphatic hydroxyl groups excluding tert-OH is 1. The van der Waals surface area contributed by atoms with Crippen molar-refractivity contribution in [3.63, 3.8) is 0 Å². The summed E-state index contributed by atoms with van der Waals surface area (Å²) in [7, 11) is 1.63. The maximum atomic E-state index is 14.7. The maximum Gasteiger partial charge on any atom is 0.423 e. The molecule has 13 heteroatoms. The van der Waals surface area contributed by atoms with Gasteiger partial charge in [-0.25, -0.2) is 23.8 Å². The first kappa shape index (κ1) is 29.7. The highest BCUT2D eigenvalue weighted by molar-refractivity contribution is 5.65. The van der Waals surface area contributed by atoms with Crippen LogP contribution in [0.2, 0.25) is 0 Å². The lowest BCUT2D eigenvalue weighted by atomic mass is 10.0. The second kappa shape index (κ2) is 12.3. The highest BCUT2D eigenvalue weighted by atomic mass is 19.4. The molecule has 39 heavy (non-hydrogen) atoms. The molecular weight excluding hydrogens is 523 g/mol. The standard InChI is InChI=1S/C26H29F5N6O2/c1-14-7-21(28)20(24-32-10-18(11-33-24)16(3)38)9-17(14)5-6-37(4)13-19(27)8-15(2)35-22-12-34-36-25(39)23(22)26(29,30)31/h5-7,9-12,15-16,19,38H,8,13H2,1-4H3,(H2,35,36,39)/b6-5-. The zero-order valence-electron chi connectivity index (χ0n) is 21.7. The number of H-pyrrole nitrogens is 1. The first-order chi connectivity index (χ1) is 18.3. The Morgan fingerprint density at radius 3 is 2.46 bits per heavy atom. The summed E-state index contributed by atoms with van der Waals surface area (Å²) in [6.07, 6.45) is -0.251. The summed E-state index contributed by atoms with van der Waals surface area (Å²) in [5.74, 6) is -0.369. The van der Waals surface area contributed by atoms with Crippen LogP contribution in [-0.2, 0) is 6.18 Å². The Hall–Kier alpha value is -3.87. The minimum atomic E-state index is -4.90. The molecule has 0 saturated heterocycles. The van der Waals surface area contributed by atoms with Crippen molar-refractivity contribution in [3.8, 4) is 11.4 Å². The van der Waals surface area contributed by atoms with Gasteiger partial charge in [0.1, 0.15) is 17.6 Å². The molecule has 0 fully saturated rings. The van der Waals surface area contributed by atoms with Crippen molar-refractivity contribution in [1.29, 1.82) is 0 Å². The number of anilines is 1. The van der Waals surface area contributed by atoms with Gasteiger partial charge in [0.25, 0.3) is 5.56 Å². The molecular formula is C26H29F5N6O2. The summed E-state index contributed by atoms with van der Waals surface area (Å²) in [5, 5.41) is 17.3. The van der Waals surface area contributed by atoms with Crippen molar-refractivity contribution in [3.05, 3.63) is 75.3 Å². The zero-order chi connectivity index (χ0) is 28.9. The molecule has 3 aromatic rings. The summed E-state index contributed by atoms with van der Waals surface area (Å²) < 4.78 is 69.0. The van der Waals surface area contributed by atoms with E-state index in [1.807, 2.05) is 0 Å². The first-order valence-electron chi connectivity index (χ1n) is 12.0. The summed E-state index contributed by atoms with van der Waals surface area (Å²) >= 11 is 0. The highest BCUT2D eigenvalue weighted by Crippen LogP contribution is 2.32. The Labute approximate surface area is 221 Å². The molecule has 0 saturated carbocycles. The number of hydrogen-bond acceptors (Lipinski definition) is 7. The predicted octanol–water partition coefficient (Wildman–Crippen LogP) is 4.88. The van der Waals surface area contributed by atoms with Crippen LogP contribution in [-0.4, -0.2) is 56.0 Å². The van der Waals surface area contributed by atoms with E-state index in [4.69, 9.17) is 0 Å². The van der Waals surface area contributed by atoms with Crippen LogP contribution >= 0.6 is 0 Å². The highest BCUT2D eigenvalue weighted by Gasteiger charge is 2.37. The van der Waals surface area contributed by atoms with Gasteiger partial charge in [0.2, 0.25) is 0 Å². The molecule has 210 valence electrons. The second-order valence-electron chi connectivity index (χ2n) is 9.32. The van der Waals surface area contributed by atoms with Gasteiger partial charge in [-0.3, -0.25) is 4.79 Å². The van der Waals surface area contributed by atoms with Crippen LogP contribution in [0.15, 0.2) is 41.7 Å². The fourth-order valence-electron chi connectivity index (χ4n) is 3.89. The second-order valence-corrected chi connectivity index (χ2v) is 9.32. The van der Waals surface area contributed by atoms with Crippen LogP contribution < -0.4 is 10.9 Å². The topological polar surface area (TPSA) is 107 Å². The van der Waals surface area contributed by atoms with E-state index >= 15 is 0 Å². The molecule has 0 aliphatic carbocycles. The van der Waals surface area contributed by atoms with Crippen molar-refractivity contribution < 1.29 is 27.1 Å². The Kier molecular flexibility index (Phi) is 9.38. The molecule has 0 aliphatic heterocycles. The summed E-state index contributed by atoms with van der Waals surface area (Å²) in [6, 6.07) is 2.17. The number of alkyl halides is 4. The Morgan fingerprint density at radius 1 is 1.18 bits per heavy atom. The van der Waals surface area contributed by atoms with Gasteiger partial charge in [-0.2, -0.15) is 18.3 Å². The van der Waals surface area contributed by atoms with Gasteiger partial charge in [-0.05, 0) is 56.3 Å². The average molecular weight is 553 g/mol. The summed E-state index contributed by atoms with van der Waals surface area (Å²) in [4.78, 5) is 21.4. The molecule has 0 aliphatic rings. The zero-order valence-corrected chi connectivity index (χ0v) is 21.7. The van der Waals surface area contributed by atoms with E-state index in [-0.39, 0.29) is 24.4 Å². The Balaban J connectivity index is 1.65. The first-order valence-corrected chi connectivity index (χ1v) is 12.0. The minimum absolute atomic E-state index is 0.0702. The molecule has 3 N–H and O–H groups in total. The van der Waals surface area contributed by atoms with Crippen LogP contribution in [0.3, 0.4) is 0 Å². The SMILES string of the molecule is Cc1cc(F)c(-c2ncc(C(C)O)cn2)cc1/C=C\N(C)CC(F)CC(C)Nc1cn[nH]c(=O)c1C(F)(F)F. The molecule has 2 heterocycles. The number of rotatable bonds is 10. The third kappa shape index (κ3) is 7.82. The van der Waals surface area contributed by atoms with E-state index in [9.17, 15) is 31.9 Å².